The van der Waals surface area contributed by atoms with Gasteiger partial charge in [-0.05, 0) is 43.8 Å². The van der Waals surface area contributed by atoms with Gasteiger partial charge in [-0.1, -0.05) is 20.8 Å². The van der Waals surface area contributed by atoms with Crippen molar-refractivity contribution in [2.45, 2.75) is 33.6 Å². The SMILES string of the molecule is CCNCC(CCc1ccnn1C)C(C)C. The summed E-state index contributed by atoms with van der Waals surface area (Å²) in [5.41, 5.74) is 1.34. The predicted molar refractivity (Wildman–Crippen MR) is 68.4 cm³/mol. The third kappa shape index (κ3) is 3.97. The quantitative estimate of drug-likeness (QED) is 0.768. The van der Waals surface area contributed by atoms with Crippen molar-refractivity contribution < 1.29 is 0 Å². The number of hydrogen-bond acceptors (Lipinski definition) is 2. The summed E-state index contributed by atoms with van der Waals surface area (Å²) < 4.78 is 1.98. The van der Waals surface area contributed by atoms with Crippen LogP contribution >= 0.6 is 0 Å². The monoisotopic (exact) mass is 223 g/mol. The maximum absolute atomic E-state index is 4.20. The first-order chi connectivity index (χ1) is 7.65. The van der Waals surface area contributed by atoms with Crippen molar-refractivity contribution in [1.29, 1.82) is 0 Å². The first kappa shape index (κ1) is 13.2. The van der Waals surface area contributed by atoms with Gasteiger partial charge in [-0.15, -0.1) is 0 Å². The van der Waals surface area contributed by atoms with Gasteiger partial charge in [0, 0.05) is 18.9 Å². The van der Waals surface area contributed by atoms with Gasteiger partial charge < -0.3 is 5.32 Å². The fourth-order valence-corrected chi connectivity index (χ4v) is 1.98. The van der Waals surface area contributed by atoms with Crippen LogP contribution < -0.4 is 5.32 Å². The summed E-state index contributed by atoms with van der Waals surface area (Å²) >= 11 is 0. The summed E-state index contributed by atoms with van der Waals surface area (Å²) in [5.74, 6) is 1.50. The molecule has 1 aromatic rings. The van der Waals surface area contributed by atoms with Crippen LogP contribution in [0.15, 0.2) is 12.3 Å². The molecule has 1 N–H and O–H groups in total. The molecule has 1 rings (SSSR count). The zero-order valence-electron chi connectivity index (χ0n) is 11.0. The van der Waals surface area contributed by atoms with Crippen molar-refractivity contribution in [3.8, 4) is 0 Å². The number of hydrogen-bond donors (Lipinski definition) is 1. The molecule has 0 amide bonds. The summed E-state index contributed by atoms with van der Waals surface area (Å²) in [5, 5.41) is 7.65. The zero-order chi connectivity index (χ0) is 12.0. The van der Waals surface area contributed by atoms with E-state index in [1.54, 1.807) is 0 Å². The van der Waals surface area contributed by atoms with Crippen molar-refractivity contribution >= 4 is 0 Å². The van der Waals surface area contributed by atoms with E-state index in [9.17, 15) is 0 Å². The van der Waals surface area contributed by atoms with Crippen LogP contribution in [0.2, 0.25) is 0 Å². The Morgan fingerprint density at radius 3 is 2.69 bits per heavy atom. The summed E-state index contributed by atoms with van der Waals surface area (Å²) in [6.07, 6.45) is 4.25. The van der Waals surface area contributed by atoms with Crippen LogP contribution in [0.25, 0.3) is 0 Å². The first-order valence-electron chi connectivity index (χ1n) is 6.32. The van der Waals surface area contributed by atoms with Crippen LogP contribution in [0.3, 0.4) is 0 Å². The molecule has 0 aliphatic carbocycles. The van der Waals surface area contributed by atoms with Crippen molar-refractivity contribution in [3.63, 3.8) is 0 Å². The number of nitrogens with one attached hydrogen (secondary N) is 1. The highest BCUT2D eigenvalue weighted by Crippen LogP contribution is 2.17. The lowest BCUT2D eigenvalue weighted by Gasteiger charge is -2.21. The molecule has 1 aromatic heterocycles. The zero-order valence-corrected chi connectivity index (χ0v) is 11.0. The predicted octanol–water partition coefficient (Wildman–Crippen LogP) is 2.23. The Hall–Kier alpha value is -0.830. The van der Waals surface area contributed by atoms with E-state index in [4.69, 9.17) is 0 Å². The van der Waals surface area contributed by atoms with Gasteiger partial charge in [0.15, 0.2) is 0 Å². The van der Waals surface area contributed by atoms with E-state index in [2.05, 4.69) is 37.3 Å². The highest BCUT2D eigenvalue weighted by atomic mass is 15.2. The molecule has 0 aromatic carbocycles. The minimum absolute atomic E-state index is 0.743. The van der Waals surface area contributed by atoms with E-state index in [-0.39, 0.29) is 0 Å². The Morgan fingerprint density at radius 2 is 2.19 bits per heavy atom. The van der Waals surface area contributed by atoms with Crippen LogP contribution in [0.4, 0.5) is 0 Å². The summed E-state index contributed by atoms with van der Waals surface area (Å²) in [6.45, 7) is 8.98. The van der Waals surface area contributed by atoms with Crippen molar-refractivity contribution in [2.75, 3.05) is 13.1 Å². The average molecular weight is 223 g/mol. The molecule has 16 heavy (non-hydrogen) atoms. The Morgan fingerprint density at radius 1 is 1.44 bits per heavy atom. The van der Waals surface area contributed by atoms with Gasteiger partial charge in [-0.25, -0.2) is 0 Å². The maximum Gasteiger partial charge on any atom is 0.0492 e. The van der Waals surface area contributed by atoms with E-state index in [0.717, 1.165) is 31.3 Å². The highest BCUT2D eigenvalue weighted by molar-refractivity contribution is 5.00. The second-order valence-electron chi connectivity index (χ2n) is 4.80. The van der Waals surface area contributed by atoms with Gasteiger partial charge in [-0.3, -0.25) is 4.68 Å². The minimum Gasteiger partial charge on any atom is -0.317 e. The van der Waals surface area contributed by atoms with Crippen LogP contribution in [0.5, 0.6) is 0 Å². The number of aryl methyl sites for hydroxylation is 2. The molecule has 0 spiro atoms. The maximum atomic E-state index is 4.20. The molecule has 3 heteroatoms. The molecule has 0 aliphatic rings. The largest absolute Gasteiger partial charge is 0.317 e. The number of aromatic nitrogens is 2. The lowest BCUT2D eigenvalue weighted by Crippen LogP contribution is -2.26. The molecule has 3 nitrogen and oxygen atoms in total. The Bertz CT molecular complexity index is 291. The molecule has 0 aliphatic heterocycles. The Labute approximate surface area is 99.2 Å². The van der Waals surface area contributed by atoms with E-state index in [1.807, 2.05) is 17.9 Å². The molecule has 0 radical (unpaired) electrons. The fourth-order valence-electron chi connectivity index (χ4n) is 1.98. The molecule has 0 bridgehead atoms. The molecule has 0 saturated carbocycles. The van der Waals surface area contributed by atoms with E-state index >= 15 is 0 Å². The van der Waals surface area contributed by atoms with Gasteiger partial charge in [0.25, 0.3) is 0 Å². The molecule has 1 heterocycles. The number of rotatable bonds is 7. The normalized spacial score (nSPS) is 13.3. The standard InChI is InChI=1S/C13H25N3/c1-5-14-10-12(11(2)3)6-7-13-8-9-15-16(13)4/h8-9,11-12,14H,5-7,10H2,1-4H3. The summed E-state index contributed by atoms with van der Waals surface area (Å²) in [7, 11) is 2.02. The van der Waals surface area contributed by atoms with Crippen molar-refractivity contribution in [2.24, 2.45) is 18.9 Å². The van der Waals surface area contributed by atoms with Crippen LogP contribution in [0, 0.1) is 11.8 Å². The fraction of sp³-hybridized carbons (Fsp3) is 0.769. The highest BCUT2D eigenvalue weighted by Gasteiger charge is 2.13. The Balaban J connectivity index is 2.40. The van der Waals surface area contributed by atoms with Gasteiger partial charge in [0.05, 0.1) is 0 Å². The third-order valence-electron chi connectivity index (χ3n) is 3.29. The molecule has 1 atom stereocenters. The van der Waals surface area contributed by atoms with Crippen LogP contribution in [-0.2, 0) is 13.5 Å². The molecule has 0 fully saturated rings. The molecule has 92 valence electrons. The van der Waals surface area contributed by atoms with E-state index < -0.39 is 0 Å². The van der Waals surface area contributed by atoms with Gasteiger partial charge in [0.2, 0.25) is 0 Å². The summed E-state index contributed by atoms with van der Waals surface area (Å²) in [6, 6.07) is 2.12. The van der Waals surface area contributed by atoms with E-state index in [1.165, 1.54) is 12.1 Å². The lowest BCUT2D eigenvalue weighted by atomic mass is 9.90. The van der Waals surface area contributed by atoms with Gasteiger partial charge >= 0.3 is 0 Å². The topological polar surface area (TPSA) is 29.9 Å². The first-order valence-corrected chi connectivity index (χ1v) is 6.32. The average Bonchev–Trinajstić information content (AvgIpc) is 2.64. The Kier molecular flexibility index (Phi) is 5.53. The van der Waals surface area contributed by atoms with E-state index in [0.29, 0.717) is 0 Å². The van der Waals surface area contributed by atoms with Gasteiger partial charge in [-0.2, -0.15) is 5.10 Å². The summed E-state index contributed by atoms with van der Waals surface area (Å²) in [4.78, 5) is 0. The number of nitrogens with zero attached hydrogens (tertiary/aromatic N) is 2. The molecule has 1 unspecified atom stereocenters. The smallest absolute Gasteiger partial charge is 0.0492 e. The molecular formula is C13H25N3. The lowest BCUT2D eigenvalue weighted by molar-refractivity contribution is 0.341. The molecular weight excluding hydrogens is 198 g/mol. The van der Waals surface area contributed by atoms with Crippen LogP contribution in [-0.4, -0.2) is 22.9 Å². The second-order valence-corrected chi connectivity index (χ2v) is 4.80. The van der Waals surface area contributed by atoms with Crippen molar-refractivity contribution in [3.05, 3.63) is 18.0 Å². The minimum atomic E-state index is 0.743. The molecule has 0 saturated heterocycles. The van der Waals surface area contributed by atoms with Crippen LogP contribution in [0.1, 0.15) is 32.9 Å². The van der Waals surface area contributed by atoms with Crippen molar-refractivity contribution in [1.82, 2.24) is 15.1 Å². The van der Waals surface area contributed by atoms with Gasteiger partial charge in [0.1, 0.15) is 0 Å². The second kappa shape index (κ2) is 6.69. The third-order valence-corrected chi connectivity index (χ3v) is 3.29.